The number of methoxy groups -OCH3 is 1. The average molecular weight is 389 g/mol. The second-order valence-electron chi connectivity index (χ2n) is 5.50. The Morgan fingerprint density at radius 2 is 2.04 bits per heavy atom. The first-order chi connectivity index (χ1) is 12.6. The summed E-state index contributed by atoms with van der Waals surface area (Å²) in [5.74, 6) is 0.800. The molecule has 2 aromatic carbocycles. The Kier molecular flexibility index (Phi) is 5.80. The number of aryl methyl sites for hydroxylation is 1. The molecule has 8 heteroatoms. The first-order valence-corrected chi connectivity index (χ1v) is 9.16. The average Bonchev–Trinajstić information content (AvgIpc) is 3.11. The fraction of sp³-hybridized carbons (Fsp3) is 0.167. The molecular weight excluding hydrogens is 372 g/mol. The van der Waals surface area contributed by atoms with E-state index in [1.165, 1.54) is 11.8 Å². The molecule has 0 aliphatic carbocycles. The Labute approximate surface area is 160 Å². The molecule has 0 fully saturated rings. The van der Waals surface area contributed by atoms with Crippen LogP contribution in [0.25, 0.3) is 5.69 Å². The molecule has 1 N–H and O–H groups in total. The first-order valence-electron chi connectivity index (χ1n) is 7.80. The van der Waals surface area contributed by atoms with Gasteiger partial charge in [-0.15, -0.1) is 10.2 Å². The minimum atomic E-state index is -0.162. The minimum Gasteiger partial charge on any atom is -0.497 e. The molecule has 0 atom stereocenters. The van der Waals surface area contributed by atoms with Gasteiger partial charge in [0.1, 0.15) is 12.1 Å². The summed E-state index contributed by atoms with van der Waals surface area (Å²) in [6.45, 7) is 1.94. The monoisotopic (exact) mass is 388 g/mol. The number of ether oxygens (including phenoxy) is 1. The van der Waals surface area contributed by atoms with Crippen molar-refractivity contribution < 1.29 is 9.53 Å². The number of hydrogen-bond donors (Lipinski definition) is 1. The van der Waals surface area contributed by atoms with Crippen molar-refractivity contribution in [1.29, 1.82) is 0 Å². The lowest BCUT2D eigenvalue weighted by atomic mass is 10.2. The zero-order valence-electron chi connectivity index (χ0n) is 14.3. The summed E-state index contributed by atoms with van der Waals surface area (Å²) >= 11 is 7.44. The van der Waals surface area contributed by atoms with E-state index in [2.05, 4.69) is 15.5 Å². The van der Waals surface area contributed by atoms with Crippen LogP contribution in [0.2, 0.25) is 5.02 Å². The molecule has 1 amide bonds. The highest BCUT2D eigenvalue weighted by Gasteiger charge is 2.11. The largest absolute Gasteiger partial charge is 0.497 e. The number of anilines is 1. The summed E-state index contributed by atoms with van der Waals surface area (Å²) in [7, 11) is 1.62. The Balaban J connectivity index is 1.64. The van der Waals surface area contributed by atoms with Crippen molar-refractivity contribution in [1.82, 2.24) is 14.8 Å². The van der Waals surface area contributed by atoms with Crippen LogP contribution in [0.15, 0.2) is 53.9 Å². The van der Waals surface area contributed by atoms with Crippen LogP contribution >= 0.6 is 23.4 Å². The van der Waals surface area contributed by atoms with Gasteiger partial charge in [0.05, 0.1) is 23.6 Å². The molecule has 26 heavy (non-hydrogen) atoms. The van der Waals surface area contributed by atoms with Crippen molar-refractivity contribution in [3.63, 3.8) is 0 Å². The van der Waals surface area contributed by atoms with Gasteiger partial charge in [0.15, 0.2) is 5.16 Å². The van der Waals surface area contributed by atoms with Gasteiger partial charge in [0.2, 0.25) is 5.91 Å². The zero-order valence-corrected chi connectivity index (χ0v) is 15.8. The molecule has 0 aliphatic heterocycles. The van der Waals surface area contributed by atoms with E-state index in [0.717, 1.165) is 17.0 Å². The fourth-order valence-electron chi connectivity index (χ4n) is 2.28. The summed E-state index contributed by atoms with van der Waals surface area (Å²) in [6, 6.07) is 13.0. The number of amides is 1. The van der Waals surface area contributed by atoms with Crippen LogP contribution in [0.1, 0.15) is 5.56 Å². The van der Waals surface area contributed by atoms with Crippen LogP contribution in [0.3, 0.4) is 0 Å². The normalized spacial score (nSPS) is 10.6. The molecule has 134 valence electrons. The number of nitrogens with one attached hydrogen (secondary N) is 1. The van der Waals surface area contributed by atoms with Crippen molar-refractivity contribution in [2.24, 2.45) is 0 Å². The second-order valence-corrected chi connectivity index (χ2v) is 6.85. The second kappa shape index (κ2) is 8.25. The summed E-state index contributed by atoms with van der Waals surface area (Å²) in [5.41, 5.74) is 2.52. The molecule has 0 saturated carbocycles. The van der Waals surface area contributed by atoms with Gasteiger partial charge in [-0.2, -0.15) is 0 Å². The summed E-state index contributed by atoms with van der Waals surface area (Å²) < 4.78 is 6.98. The number of rotatable bonds is 6. The van der Waals surface area contributed by atoms with Crippen LogP contribution < -0.4 is 10.1 Å². The Bertz CT molecular complexity index is 912. The van der Waals surface area contributed by atoms with Gasteiger partial charge in [0.25, 0.3) is 0 Å². The molecule has 1 aromatic heterocycles. The van der Waals surface area contributed by atoms with Gasteiger partial charge in [-0.1, -0.05) is 29.4 Å². The Morgan fingerprint density at radius 1 is 1.27 bits per heavy atom. The molecule has 0 radical (unpaired) electrons. The summed E-state index contributed by atoms with van der Waals surface area (Å²) in [4.78, 5) is 12.2. The van der Waals surface area contributed by atoms with Crippen LogP contribution in [0.5, 0.6) is 5.75 Å². The lowest BCUT2D eigenvalue weighted by Crippen LogP contribution is -2.14. The van der Waals surface area contributed by atoms with Crippen molar-refractivity contribution in [2.45, 2.75) is 12.1 Å². The first kappa shape index (κ1) is 18.3. The predicted octanol–water partition coefficient (Wildman–Crippen LogP) is 3.97. The topological polar surface area (TPSA) is 69.0 Å². The van der Waals surface area contributed by atoms with E-state index >= 15 is 0 Å². The smallest absolute Gasteiger partial charge is 0.234 e. The van der Waals surface area contributed by atoms with E-state index in [-0.39, 0.29) is 11.7 Å². The number of halogens is 1. The molecule has 0 bridgehead atoms. The van der Waals surface area contributed by atoms with Gasteiger partial charge in [0, 0.05) is 5.69 Å². The lowest BCUT2D eigenvalue weighted by Gasteiger charge is -2.09. The van der Waals surface area contributed by atoms with Crippen molar-refractivity contribution in [3.05, 3.63) is 59.4 Å². The van der Waals surface area contributed by atoms with Crippen molar-refractivity contribution in [2.75, 3.05) is 18.2 Å². The minimum absolute atomic E-state index is 0.162. The van der Waals surface area contributed by atoms with Gasteiger partial charge < -0.3 is 10.1 Å². The Morgan fingerprint density at radius 3 is 2.73 bits per heavy atom. The number of hydrogen-bond acceptors (Lipinski definition) is 5. The van der Waals surface area contributed by atoms with Crippen LogP contribution in [-0.2, 0) is 4.79 Å². The third-order valence-corrected chi connectivity index (χ3v) is 4.85. The van der Waals surface area contributed by atoms with E-state index in [9.17, 15) is 4.79 Å². The van der Waals surface area contributed by atoms with E-state index < -0.39 is 0 Å². The van der Waals surface area contributed by atoms with Gasteiger partial charge in [-0.25, -0.2) is 0 Å². The molecule has 3 aromatic rings. The SMILES string of the molecule is COc1ccc(-n2cnnc2SCC(=O)Nc2ccc(C)cc2Cl)cc1. The third kappa shape index (κ3) is 4.36. The molecule has 3 rings (SSSR count). The van der Waals surface area contributed by atoms with Crippen LogP contribution in [0, 0.1) is 6.92 Å². The van der Waals surface area contributed by atoms with Gasteiger partial charge >= 0.3 is 0 Å². The number of carbonyl (C=O) groups is 1. The maximum Gasteiger partial charge on any atom is 0.234 e. The molecule has 6 nitrogen and oxygen atoms in total. The number of carbonyl (C=O) groups excluding carboxylic acids is 1. The number of benzene rings is 2. The van der Waals surface area contributed by atoms with Crippen LogP contribution in [0.4, 0.5) is 5.69 Å². The standard InChI is InChI=1S/C18H17ClN4O2S/c1-12-3-8-16(15(19)9-12)21-17(24)10-26-18-22-20-11-23(18)13-4-6-14(25-2)7-5-13/h3-9,11H,10H2,1-2H3,(H,21,24). The van der Waals surface area contributed by atoms with Crippen molar-refractivity contribution in [3.8, 4) is 11.4 Å². The molecule has 0 unspecified atom stereocenters. The molecule has 0 saturated heterocycles. The quantitative estimate of drug-likeness (QED) is 0.647. The molecule has 0 spiro atoms. The zero-order chi connectivity index (χ0) is 18.5. The maximum atomic E-state index is 12.2. The third-order valence-electron chi connectivity index (χ3n) is 3.60. The number of thioether (sulfide) groups is 1. The van der Waals surface area contributed by atoms with E-state index in [0.29, 0.717) is 15.9 Å². The summed E-state index contributed by atoms with van der Waals surface area (Å²) in [6.07, 6.45) is 1.61. The van der Waals surface area contributed by atoms with Crippen LogP contribution in [-0.4, -0.2) is 33.5 Å². The highest BCUT2D eigenvalue weighted by Crippen LogP contribution is 2.24. The fourth-order valence-corrected chi connectivity index (χ4v) is 3.29. The molecular formula is C18H17ClN4O2S. The maximum absolute atomic E-state index is 12.2. The van der Waals surface area contributed by atoms with E-state index in [1.54, 1.807) is 19.5 Å². The highest BCUT2D eigenvalue weighted by molar-refractivity contribution is 7.99. The predicted molar refractivity (Wildman–Crippen MR) is 103 cm³/mol. The van der Waals surface area contributed by atoms with E-state index in [1.807, 2.05) is 47.9 Å². The van der Waals surface area contributed by atoms with Gasteiger partial charge in [-0.05, 0) is 48.9 Å². The van der Waals surface area contributed by atoms with Gasteiger partial charge in [-0.3, -0.25) is 9.36 Å². The van der Waals surface area contributed by atoms with E-state index in [4.69, 9.17) is 16.3 Å². The number of aromatic nitrogens is 3. The lowest BCUT2D eigenvalue weighted by molar-refractivity contribution is -0.113. The number of nitrogens with zero attached hydrogens (tertiary/aromatic N) is 3. The highest BCUT2D eigenvalue weighted by atomic mass is 35.5. The Hall–Kier alpha value is -2.51. The summed E-state index contributed by atoms with van der Waals surface area (Å²) in [5, 5.41) is 12.0. The van der Waals surface area contributed by atoms with Crippen molar-refractivity contribution >= 4 is 35.0 Å². The molecule has 0 aliphatic rings. The molecule has 1 heterocycles.